The fraction of sp³-hybridized carbons (Fsp3) is 0.483. The molecular formula is C29H37N3O5. The van der Waals surface area contributed by atoms with Gasteiger partial charge in [-0.2, -0.15) is 0 Å². The van der Waals surface area contributed by atoms with E-state index in [9.17, 15) is 14.4 Å². The van der Waals surface area contributed by atoms with Crippen LogP contribution in [0.25, 0.3) is 0 Å². The van der Waals surface area contributed by atoms with Gasteiger partial charge in [0.15, 0.2) is 0 Å². The number of carboxylic acid groups (broad SMARTS) is 1. The lowest BCUT2D eigenvalue weighted by atomic mass is 9.85. The number of carbonyl (C=O) groups is 3. The normalized spacial score (nSPS) is 19.5. The molecule has 2 aromatic carbocycles. The number of benzene rings is 2. The molecule has 0 atom stereocenters. The van der Waals surface area contributed by atoms with Gasteiger partial charge in [-0.25, -0.2) is 9.59 Å². The highest BCUT2D eigenvalue weighted by Crippen LogP contribution is 2.30. The molecular weight excluding hydrogens is 470 g/mol. The molecule has 0 bridgehead atoms. The van der Waals surface area contributed by atoms with Crippen LogP contribution in [0, 0.1) is 5.92 Å². The smallest absolute Gasteiger partial charge is 0.410 e. The second kappa shape index (κ2) is 11.2. The molecule has 1 saturated carbocycles. The van der Waals surface area contributed by atoms with E-state index in [0.29, 0.717) is 38.0 Å². The number of fused-ring (bicyclic) bond motifs is 1. The van der Waals surface area contributed by atoms with E-state index in [1.165, 1.54) is 5.56 Å². The second-order valence-corrected chi connectivity index (χ2v) is 11.2. The van der Waals surface area contributed by atoms with Gasteiger partial charge in [0.05, 0.1) is 0 Å². The molecule has 4 rings (SSSR count). The summed E-state index contributed by atoms with van der Waals surface area (Å²) < 4.78 is 5.73. The third-order valence-corrected chi connectivity index (χ3v) is 7.27. The molecule has 3 amide bonds. The molecule has 0 unspecified atom stereocenters. The van der Waals surface area contributed by atoms with Gasteiger partial charge in [0.1, 0.15) is 6.10 Å². The Kier molecular flexibility index (Phi) is 8.05. The second-order valence-electron chi connectivity index (χ2n) is 11.2. The number of carbonyl (C=O) groups excluding carboxylic acids is 2. The van der Waals surface area contributed by atoms with Gasteiger partial charge < -0.3 is 25.4 Å². The molecule has 1 aliphatic carbocycles. The third kappa shape index (κ3) is 7.24. The Bertz CT molecular complexity index is 1130. The molecule has 8 nitrogen and oxygen atoms in total. The summed E-state index contributed by atoms with van der Waals surface area (Å²) in [5.41, 5.74) is 4.83. The number of rotatable bonds is 5. The van der Waals surface area contributed by atoms with Crippen LogP contribution < -0.4 is 10.6 Å². The number of amides is 3. The van der Waals surface area contributed by atoms with Crippen molar-refractivity contribution in [3.63, 3.8) is 0 Å². The number of aliphatic carboxylic acids is 1. The van der Waals surface area contributed by atoms with Crippen LogP contribution in [0.3, 0.4) is 0 Å². The van der Waals surface area contributed by atoms with Crippen molar-refractivity contribution < 1.29 is 24.2 Å². The molecule has 0 radical (unpaired) electrons. The van der Waals surface area contributed by atoms with Crippen LogP contribution in [0.5, 0.6) is 0 Å². The van der Waals surface area contributed by atoms with Crippen molar-refractivity contribution in [1.29, 1.82) is 0 Å². The van der Waals surface area contributed by atoms with E-state index in [-0.39, 0.29) is 36.0 Å². The number of nitrogens with zero attached hydrogens (tertiary/aromatic N) is 1. The van der Waals surface area contributed by atoms with Gasteiger partial charge in [-0.05, 0) is 84.4 Å². The third-order valence-electron chi connectivity index (χ3n) is 7.27. The molecule has 2 aromatic rings. The van der Waals surface area contributed by atoms with E-state index >= 15 is 0 Å². The Morgan fingerprint density at radius 2 is 1.59 bits per heavy atom. The SMILES string of the molecule is CC(C)(C)c1ccc(NC(=O)Nc2ccc3c(c2)CCN(C(=O)OC2CCC(CC(=O)O)CC2)C3)cc1. The first-order valence-corrected chi connectivity index (χ1v) is 13.0. The number of hydrogen-bond donors (Lipinski definition) is 3. The quantitative estimate of drug-likeness (QED) is 0.449. The molecule has 2 aliphatic rings. The van der Waals surface area contributed by atoms with Gasteiger partial charge in [-0.15, -0.1) is 0 Å². The van der Waals surface area contributed by atoms with E-state index in [1.807, 2.05) is 42.5 Å². The van der Waals surface area contributed by atoms with Crippen LogP contribution in [0.2, 0.25) is 0 Å². The van der Waals surface area contributed by atoms with Gasteiger partial charge in [-0.1, -0.05) is 39.0 Å². The molecule has 198 valence electrons. The molecule has 1 heterocycles. The van der Waals surface area contributed by atoms with E-state index in [4.69, 9.17) is 9.84 Å². The number of urea groups is 1. The summed E-state index contributed by atoms with van der Waals surface area (Å²) in [6.07, 6.45) is 3.39. The lowest BCUT2D eigenvalue weighted by Gasteiger charge is -2.32. The maximum atomic E-state index is 12.7. The van der Waals surface area contributed by atoms with Gasteiger partial charge in [0.25, 0.3) is 0 Å². The standard InChI is InChI=1S/C29H37N3O5/c1-29(2,3)22-7-10-23(11-8-22)30-27(35)31-24-9-6-21-18-32(15-14-20(21)17-24)28(36)37-25-12-4-19(5-13-25)16-26(33)34/h6-11,17,19,25H,4-5,12-16,18H2,1-3H3,(H,33,34)(H2,30,31,35). The fourth-order valence-electron chi connectivity index (χ4n) is 5.05. The fourth-order valence-corrected chi connectivity index (χ4v) is 5.05. The molecule has 0 aromatic heterocycles. The van der Waals surface area contributed by atoms with Crippen LogP contribution in [0.15, 0.2) is 42.5 Å². The minimum atomic E-state index is -0.766. The molecule has 1 fully saturated rings. The van der Waals surface area contributed by atoms with E-state index < -0.39 is 5.97 Å². The number of hydrogen-bond acceptors (Lipinski definition) is 4. The Morgan fingerprint density at radius 3 is 2.24 bits per heavy atom. The number of anilines is 2. The highest BCUT2D eigenvalue weighted by atomic mass is 16.6. The van der Waals surface area contributed by atoms with Crippen LogP contribution in [-0.4, -0.2) is 40.7 Å². The van der Waals surface area contributed by atoms with Crippen molar-refractivity contribution in [2.45, 2.75) is 77.4 Å². The summed E-state index contributed by atoms with van der Waals surface area (Å²) in [5, 5.41) is 14.7. The Morgan fingerprint density at radius 1 is 0.946 bits per heavy atom. The Labute approximate surface area is 218 Å². The molecule has 3 N–H and O–H groups in total. The topological polar surface area (TPSA) is 108 Å². The van der Waals surface area contributed by atoms with Crippen LogP contribution >= 0.6 is 0 Å². The van der Waals surface area contributed by atoms with Crippen LogP contribution in [-0.2, 0) is 27.9 Å². The van der Waals surface area contributed by atoms with Crippen molar-refractivity contribution in [1.82, 2.24) is 4.90 Å². The summed E-state index contributed by atoms with van der Waals surface area (Å²) >= 11 is 0. The first-order valence-electron chi connectivity index (χ1n) is 13.0. The van der Waals surface area contributed by atoms with Crippen molar-refractivity contribution in [2.75, 3.05) is 17.2 Å². The zero-order valence-electron chi connectivity index (χ0n) is 21.9. The first kappa shape index (κ1) is 26.5. The van der Waals surface area contributed by atoms with E-state index in [2.05, 4.69) is 31.4 Å². The highest BCUT2D eigenvalue weighted by Gasteiger charge is 2.28. The summed E-state index contributed by atoms with van der Waals surface area (Å²) in [4.78, 5) is 37.9. The molecule has 8 heteroatoms. The number of nitrogens with one attached hydrogen (secondary N) is 2. The molecule has 0 saturated heterocycles. The summed E-state index contributed by atoms with van der Waals surface area (Å²) in [5.74, 6) is -0.592. The van der Waals surface area contributed by atoms with Crippen molar-refractivity contribution in [3.8, 4) is 0 Å². The lowest BCUT2D eigenvalue weighted by molar-refractivity contribution is -0.138. The Hall–Kier alpha value is -3.55. The summed E-state index contributed by atoms with van der Waals surface area (Å²) in [7, 11) is 0. The van der Waals surface area contributed by atoms with Crippen LogP contribution in [0.1, 0.15) is 69.6 Å². The minimum absolute atomic E-state index is 0.0546. The van der Waals surface area contributed by atoms with Crippen LogP contribution in [0.4, 0.5) is 21.0 Å². The average Bonchev–Trinajstić information content (AvgIpc) is 2.84. The predicted molar refractivity (Wildman–Crippen MR) is 143 cm³/mol. The van der Waals surface area contributed by atoms with Gasteiger partial charge in [-0.3, -0.25) is 4.79 Å². The van der Waals surface area contributed by atoms with Crippen molar-refractivity contribution in [2.24, 2.45) is 5.92 Å². The zero-order valence-corrected chi connectivity index (χ0v) is 21.9. The largest absolute Gasteiger partial charge is 0.481 e. The average molecular weight is 508 g/mol. The van der Waals surface area contributed by atoms with E-state index in [1.54, 1.807) is 4.90 Å². The van der Waals surface area contributed by atoms with Crippen molar-refractivity contribution >= 4 is 29.5 Å². The first-order chi connectivity index (χ1) is 17.6. The monoisotopic (exact) mass is 507 g/mol. The minimum Gasteiger partial charge on any atom is -0.481 e. The lowest BCUT2D eigenvalue weighted by Crippen LogP contribution is -2.39. The highest BCUT2D eigenvalue weighted by molar-refractivity contribution is 5.99. The Balaban J connectivity index is 1.26. The van der Waals surface area contributed by atoms with Gasteiger partial charge >= 0.3 is 18.1 Å². The van der Waals surface area contributed by atoms with E-state index in [0.717, 1.165) is 29.7 Å². The summed E-state index contributed by atoms with van der Waals surface area (Å²) in [6.45, 7) is 7.47. The number of carboxylic acids is 1. The van der Waals surface area contributed by atoms with Crippen molar-refractivity contribution in [3.05, 3.63) is 59.2 Å². The zero-order chi connectivity index (χ0) is 26.6. The predicted octanol–water partition coefficient (Wildman–Crippen LogP) is 6.16. The van der Waals surface area contributed by atoms with Gasteiger partial charge in [0.2, 0.25) is 0 Å². The molecule has 0 spiro atoms. The molecule has 1 aliphatic heterocycles. The maximum absolute atomic E-state index is 12.7. The van der Waals surface area contributed by atoms with Gasteiger partial charge in [0, 0.05) is 30.9 Å². The maximum Gasteiger partial charge on any atom is 0.410 e. The molecule has 37 heavy (non-hydrogen) atoms. The number of ether oxygens (including phenoxy) is 1. The summed E-state index contributed by atoms with van der Waals surface area (Å²) in [6, 6.07) is 13.3.